The second kappa shape index (κ2) is 6.70. The third kappa shape index (κ3) is 3.28. The zero-order chi connectivity index (χ0) is 13.8. The third-order valence-corrected chi connectivity index (χ3v) is 3.87. The molecule has 5 nitrogen and oxygen atoms in total. The summed E-state index contributed by atoms with van der Waals surface area (Å²) in [4.78, 5) is 0. The van der Waals surface area contributed by atoms with E-state index in [0.29, 0.717) is 24.3 Å². The SMILES string of the molecule is CNC(c1c(Cl)cnn1CCOC)C1CCC(C)O1. The van der Waals surface area contributed by atoms with Gasteiger partial charge in [0.1, 0.15) is 0 Å². The van der Waals surface area contributed by atoms with Crippen molar-refractivity contribution in [3.63, 3.8) is 0 Å². The first-order valence-electron chi connectivity index (χ1n) is 6.70. The lowest BCUT2D eigenvalue weighted by Crippen LogP contribution is -2.32. The first kappa shape index (κ1) is 14.8. The molecular formula is C13H22ClN3O2. The molecule has 0 amide bonds. The van der Waals surface area contributed by atoms with Crippen LogP contribution in [0.1, 0.15) is 31.5 Å². The van der Waals surface area contributed by atoms with Crippen LogP contribution in [0, 0.1) is 0 Å². The van der Waals surface area contributed by atoms with E-state index in [2.05, 4.69) is 17.3 Å². The molecule has 1 aliphatic rings. The van der Waals surface area contributed by atoms with Gasteiger partial charge in [-0.15, -0.1) is 0 Å². The molecular weight excluding hydrogens is 266 g/mol. The molecule has 0 radical (unpaired) electrons. The van der Waals surface area contributed by atoms with Crippen LogP contribution in [-0.2, 0) is 16.0 Å². The minimum atomic E-state index is 0.0665. The van der Waals surface area contributed by atoms with E-state index in [0.717, 1.165) is 18.5 Å². The topological polar surface area (TPSA) is 48.3 Å². The van der Waals surface area contributed by atoms with E-state index in [1.54, 1.807) is 13.3 Å². The van der Waals surface area contributed by atoms with Crippen LogP contribution in [0.15, 0.2) is 6.20 Å². The molecule has 0 aromatic carbocycles. The van der Waals surface area contributed by atoms with Crippen molar-refractivity contribution in [1.82, 2.24) is 15.1 Å². The summed E-state index contributed by atoms with van der Waals surface area (Å²) in [5.41, 5.74) is 0.986. The Morgan fingerprint density at radius 3 is 3.00 bits per heavy atom. The van der Waals surface area contributed by atoms with Crippen LogP contribution in [-0.4, -0.2) is 42.8 Å². The number of rotatable bonds is 6. The van der Waals surface area contributed by atoms with Crippen molar-refractivity contribution in [1.29, 1.82) is 0 Å². The van der Waals surface area contributed by atoms with Gasteiger partial charge in [-0.1, -0.05) is 11.6 Å². The molecule has 3 atom stereocenters. The first-order valence-corrected chi connectivity index (χ1v) is 7.08. The molecule has 0 saturated carbocycles. The van der Waals surface area contributed by atoms with Crippen LogP contribution < -0.4 is 5.32 Å². The summed E-state index contributed by atoms with van der Waals surface area (Å²) in [5.74, 6) is 0. The summed E-state index contributed by atoms with van der Waals surface area (Å²) in [6.45, 7) is 3.42. The zero-order valence-electron chi connectivity index (χ0n) is 11.7. The van der Waals surface area contributed by atoms with Gasteiger partial charge in [-0.05, 0) is 26.8 Å². The molecule has 1 saturated heterocycles. The van der Waals surface area contributed by atoms with Crippen LogP contribution in [0.25, 0.3) is 0 Å². The minimum Gasteiger partial charge on any atom is -0.383 e. The van der Waals surface area contributed by atoms with Crippen molar-refractivity contribution >= 4 is 11.6 Å². The van der Waals surface area contributed by atoms with Crippen molar-refractivity contribution in [3.05, 3.63) is 16.9 Å². The molecule has 6 heteroatoms. The van der Waals surface area contributed by atoms with Crippen molar-refractivity contribution in [2.24, 2.45) is 0 Å². The molecule has 19 heavy (non-hydrogen) atoms. The Morgan fingerprint density at radius 1 is 1.63 bits per heavy atom. The monoisotopic (exact) mass is 287 g/mol. The maximum Gasteiger partial charge on any atom is 0.0835 e. The van der Waals surface area contributed by atoms with E-state index in [-0.39, 0.29) is 12.1 Å². The lowest BCUT2D eigenvalue weighted by molar-refractivity contribution is 0.0310. The van der Waals surface area contributed by atoms with E-state index in [4.69, 9.17) is 21.1 Å². The number of aromatic nitrogens is 2. The number of hydrogen-bond acceptors (Lipinski definition) is 4. The first-order chi connectivity index (χ1) is 9.17. The van der Waals surface area contributed by atoms with E-state index in [1.165, 1.54) is 0 Å². The van der Waals surface area contributed by atoms with Gasteiger partial charge < -0.3 is 14.8 Å². The van der Waals surface area contributed by atoms with Gasteiger partial charge in [-0.3, -0.25) is 4.68 Å². The maximum atomic E-state index is 6.29. The van der Waals surface area contributed by atoms with Gasteiger partial charge in [-0.2, -0.15) is 5.10 Å². The number of nitrogens with zero attached hydrogens (tertiary/aromatic N) is 2. The maximum absolute atomic E-state index is 6.29. The second-order valence-electron chi connectivity index (χ2n) is 4.92. The van der Waals surface area contributed by atoms with Crippen LogP contribution in [0.3, 0.4) is 0 Å². The average molecular weight is 288 g/mol. The fourth-order valence-electron chi connectivity index (χ4n) is 2.61. The predicted molar refractivity (Wildman–Crippen MR) is 74.5 cm³/mol. The molecule has 0 aliphatic carbocycles. The molecule has 0 bridgehead atoms. The molecule has 108 valence electrons. The molecule has 1 aromatic heterocycles. The molecule has 1 aliphatic heterocycles. The fourth-order valence-corrected chi connectivity index (χ4v) is 2.87. The lowest BCUT2D eigenvalue weighted by Gasteiger charge is -2.24. The van der Waals surface area contributed by atoms with Crippen molar-refractivity contribution in [3.8, 4) is 0 Å². The highest BCUT2D eigenvalue weighted by molar-refractivity contribution is 6.31. The number of nitrogens with one attached hydrogen (secondary N) is 1. The Labute approximate surface area is 119 Å². The van der Waals surface area contributed by atoms with Gasteiger partial charge in [0.05, 0.1) is 48.3 Å². The highest BCUT2D eigenvalue weighted by atomic mass is 35.5. The van der Waals surface area contributed by atoms with E-state index in [1.807, 2.05) is 11.7 Å². The highest BCUT2D eigenvalue weighted by Gasteiger charge is 2.33. The summed E-state index contributed by atoms with van der Waals surface area (Å²) < 4.78 is 13.0. The Hall–Kier alpha value is -0.620. The van der Waals surface area contributed by atoms with Crippen LogP contribution in [0.2, 0.25) is 5.02 Å². The number of likely N-dealkylation sites (N-methyl/N-ethyl adjacent to an activating group) is 1. The zero-order valence-corrected chi connectivity index (χ0v) is 12.5. The number of methoxy groups -OCH3 is 1. The summed E-state index contributed by atoms with van der Waals surface area (Å²) in [5, 5.41) is 8.31. The summed E-state index contributed by atoms with van der Waals surface area (Å²) in [6, 6.07) is 0.0665. The van der Waals surface area contributed by atoms with Gasteiger partial charge in [0.15, 0.2) is 0 Å². The average Bonchev–Trinajstić information content (AvgIpc) is 2.97. The predicted octanol–water partition coefficient (Wildman–Crippen LogP) is 2.01. The van der Waals surface area contributed by atoms with Crippen LogP contribution >= 0.6 is 11.6 Å². The minimum absolute atomic E-state index is 0.0665. The molecule has 2 heterocycles. The molecule has 1 fully saturated rings. The molecule has 1 aromatic rings. The molecule has 3 unspecified atom stereocenters. The van der Waals surface area contributed by atoms with Gasteiger partial charge >= 0.3 is 0 Å². The Balaban J connectivity index is 2.19. The van der Waals surface area contributed by atoms with E-state index in [9.17, 15) is 0 Å². The molecule has 2 rings (SSSR count). The Morgan fingerprint density at radius 2 is 2.42 bits per heavy atom. The van der Waals surface area contributed by atoms with Gasteiger partial charge in [0.25, 0.3) is 0 Å². The smallest absolute Gasteiger partial charge is 0.0835 e. The molecule has 1 N–H and O–H groups in total. The summed E-state index contributed by atoms with van der Waals surface area (Å²) in [7, 11) is 3.61. The van der Waals surface area contributed by atoms with Gasteiger partial charge in [0, 0.05) is 7.11 Å². The number of hydrogen-bond donors (Lipinski definition) is 1. The van der Waals surface area contributed by atoms with Gasteiger partial charge in [-0.25, -0.2) is 0 Å². The normalized spacial score (nSPS) is 24.8. The number of halogens is 1. The van der Waals surface area contributed by atoms with Crippen LogP contribution in [0.4, 0.5) is 0 Å². The van der Waals surface area contributed by atoms with Crippen molar-refractivity contribution in [2.45, 2.75) is 44.6 Å². The number of ether oxygens (including phenoxy) is 2. The second-order valence-corrected chi connectivity index (χ2v) is 5.33. The quantitative estimate of drug-likeness (QED) is 0.869. The fraction of sp³-hybridized carbons (Fsp3) is 0.769. The van der Waals surface area contributed by atoms with E-state index < -0.39 is 0 Å². The highest BCUT2D eigenvalue weighted by Crippen LogP contribution is 2.33. The van der Waals surface area contributed by atoms with Crippen LogP contribution in [0.5, 0.6) is 0 Å². The van der Waals surface area contributed by atoms with E-state index >= 15 is 0 Å². The Bertz CT molecular complexity index is 411. The summed E-state index contributed by atoms with van der Waals surface area (Å²) >= 11 is 6.29. The summed E-state index contributed by atoms with van der Waals surface area (Å²) in [6.07, 6.45) is 4.28. The Kier molecular flexibility index (Phi) is 5.21. The third-order valence-electron chi connectivity index (χ3n) is 3.58. The lowest BCUT2D eigenvalue weighted by atomic mass is 10.0. The van der Waals surface area contributed by atoms with Crippen molar-refractivity contribution < 1.29 is 9.47 Å². The van der Waals surface area contributed by atoms with Crippen molar-refractivity contribution in [2.75, 3.05) is 20.8 Å². The standard InChI is InChI=1S/C13H22ClN3O2/c1-9-4-5-11(19-9)12(15-2)13-10(14)8-16-17(13)6-7-18-3/h8-9,11-12,15H,4-7H2,1-3H3. The molecule has 0 spiro atoms. The largest absolute Gasteiger partial charge is 0.383 e. The van der Waals surface area contributed by atoms with Gasteiger partial charge in [0.2, 0.25) is 0 Å².